The molecule has 6 heteroatoms. The van der Waals surface area contributed by atoms with Gasteiger partial charge in [-0.25, -0.2) is 4.98 Å². The summed E-state index contributed by atoms with van der Waals surface area (Å²) < 4.78 is 4.31. The molecule has 0 atom stereocenters. The Bertz CT molecular complexity index is 619. The van der Waals surface area contributed by atoms with Crippen LogP contribution in [0.15, 0.2) is 24.3 Å². The fourth-order valence-corrected chi connectivity index (χ4v) is 2.41. The van der Waals surface area contributed by atoms with Crippen molar-refractivity contribution in [2.45, 2.75) is 40.2 Å². The Balaban J connectivity index is 1.89. The summed E-state index contributed by atoms with van der Waals surface area (Å²) in [5, 5.41) is 6.98. The zero-order valence-corrected chi connectivity index (χ0v) is 14.2. The number of amides is 1. The third-order valence-electron chi connectivity index (χ3n) is 3.15. The van der Waals surface area contributed by atoms with Crippen LogP contribution in [0, 0.1) is 5.92 Å². The highest BCUT2D eigenvalue weighted by Gasteiger charge is 2.08. The molecule has 0 unspecified atom stereocenters. The molecule has 0 saturated heterocycles. The first-order valence-corrected chi connectivity index (χ1v) is 8.20. The van der Waals surface area contributed by atoms with Crippen molar-refractivity contribution in [3.8, 4) is 0 Å². The summed E-state index contributed by atoms with van der Waals surface area (Å²) in [5.41, 5.74) is 1.95. The molecule has 118 valence electrons. The van der Waals surface area contributed by atoms with Gasteiger partial charge in [0, 0.05) is 35.6 Å². The molecule has 0 aliphatic carbocycles. The minimum absolute atomic E-state index is 0.0195. The van der Waals surface area contributed by atoms with Gasteiger partial charge >= 0.3 is 0 Å². The fourth-order valence-electron chi connectivity index (χ4n) is 1.71. The summed E-state index contributed by atoms with van der Waals surface area (Å²) >= 11 is 1.38. The molecule has 1 aromatic carbocycles. The predicted octanol–water partition coefficient (Wildman–Crippen LogP) is 3.87. The molecule has 0 bridgehead atoms. The second-order valence-corrected chi connectivity index (χ2v) is 6.56. The first-order chi connectivity index (χ1) is 10.5. The summed E-state index contributed by atoms with van der Waals surface area (Å²) in [4.78, 5) is 16.1. The van der Waals surface area contributed by atoms with E-state index in [-0.39, 0.29) is 11.8 Å². The molecule has 22 heavy (non-hydrogen) atoms. The largest absolute Gasteiger partial charge is 0.356 e. The van der Waals surface area contributed by atoms with E-state index < -0.39 is 0 Å². The fraction of sp³-hybridized carbons (Fsp3) is 0.438. The summed E-state index contributed by atoms with van der Waals surface area (Å²) in [6, 6.07) is 7.81. The number of benzene rings is 1. The van der Waals surface area contributed by atoms with E-state index in [1.54, 1.807) is 0 Å². The Morgan fingerprint density at radius 3 is 2.41 bits per heavy atom. The summed E-state index contributed by atoms with van der Waals surface area (Å²) in [7, 11) is 0. The van der Waals surface area contributed by atoms with Crippen LogP contribution in [-0.4, -0.2) is 15.3 Å². The van der Waals surface area contributed by atoms with Crippen molar-refractivity contribution in [1.82, 2.24) is 9.36 Å². The molecule has 0 aliphatic heterocycles. The number of nitrogens with zero attached hydrogens (tertiary/aromatic N) is 2. The molecule has 0 aliphatic rings. The number of rotatable bonds is 6. The van der Waals surface area contributed by atoms with Gasteiger partial charge in [0.15, 0.2) is 0 Å². The number of carbonyl (C=O) groups excluding carboxylic acids is 1. The molecular weight excluding hydrogens is 296 g/mol. The van der Waals surface area contributed by atoms with Crippen molar-refractivity contribution in [2.75, 3.05) is 10.6 Å². The number of carbonyl (C=O) groups is 1. The number of hydrogen-bond donors (Lipinski definition) is 2. The topological polar surface area (TPSA) is 66.9 Å². The molecule has 0 radical (unpaired) electrons. The van der Waals surface area contributed by atoms with Gasteiger partial charge in [0.25, 0.3) is 0 Å². The molecule has 2 N–H and O–H groups in total. The SMILES string of the molecule is CC(C)C(=O)Nc1ccc(CNc2nc(C(C)C)ns2)cc1. The molecule has 1 amide bonds. The summed E-state index contributed by atoms with van der Waals surface area (Å²) in [5.74, 6) is 1.23. The van der Waals surface area contributed by atoms with Crippen molar-refractivity contribution in [3.05, 3.63) is 35.7 Å². The van der Waals surface area contributed by atoms with E-state index in [4.69, 9.17) is 0 Å². The van der Waals surface area contributed by atoms with Crippen LogP contribution in [0.2, 0.25) is 0 Å². The van der Waals surface area contributed by atoms with Gasteiger partial charge in [0.1, 0.15) is 5.82 Å². The normalized spacial score (nSPS) is 11.0. The Labute approximate surface area is 135 Å². The summed E-state index contributed by atoms with van der Waals surface area (Å²) in [6.45, 7) is 8.60. The first-order valence-electron chi connectivity index (χ1n) is 7.43. The standard InChI is InChI=1S/C16H22N4OS/c1-10(2)14-19-16(22-20-14)17-9-12-5-7-13(8-6-12)18-15(21)11(3)4/h5-8,10-11H,9H2,1-4H3,(H,18,21)(H,17,19,20). The maximum absolute atomic E-state index is 11.6. The molecule has 1 aromatic heterocycles. The Morgan fingerprint density at radius 2 is 1.86 bits per heavy atom. The highest BCUT2D eigenvalue weighted by Crippen LogP contribution is 2.18. The van der Waals surface area contributed by atoms with Gasteiger partial charge < -0.3 is 10.6 Å². The van der Waals surface area contributed by atoms with Crippen LogP contribution in [0.1, 0.15) is 45.0 Å². The van der Waals surface area contributed by atoms with Crippen molar-refractivity contribution < 1.29 is 4.79 Å². The van der Waals surface area contributed by atoms with Crippen molar-refractivity contribution in [3.63, 3.8) is 0 Å². The lowest BCUT2D eigenvalue weighted by atomic mass is 10.1. The molecule has 2 aromatic rings. The molecule has 1 heterocycles. The molecule has 2 rings (SSSR count). The van der Waals surface area contributed by atoms with Gasteiger partial charge in [-0.1, -0.05) is 39.8 Å². The van der Waals surface area contributed by atoms with Crippen LogP contribution in [-0.2, 0) is 11.3 Å². The van der Waals surface area contributed by atoms with Gasteiger partial charge in [-0.2, -0.15) is 4.37 Å². The van der Waals surface area contributed by atoms with Gasteiger partial charge in [-0.15, -0.1) is 0 Å². The molecular formula is C16H22N4OS. The van der Waals surface area contributed by atoms with Crippen LogP contribution in [0.3, 0.4) is 0 Å². The van der Waals surface area contributed by atoms with Gasteiger partial charge in [0.05, 0.1) is 0 Å². The van der Waals surface area contributed by atoms with Crippen LogP contribution in [0.4, 0.5) is 10.8 Å². The Morgan fingerprint density at radius 1 is 1.18 bits per heavy atom. The van der Waals surface area contributed by atoms with Gasteiger partial charge in [-0.3, -0.25) is 4.79 Å². The molecule has 0 spiro atoms. The quantitative estimate of drug-likeness (QED) is 0.848. The Kier molecular flexibility index (Phi) is 5.49. The maximum Gasteiger partial charge on any atom is 0.226 e. The first kappa shape index (κ1) is 16.4. The number of hydrogen-bond acceptors (Lipinski definition) is 5. The zero-order chi connectivity index (χ0) is 16.1. The lowest BCUT2D eigenvalue weighted by Gasteiger charge is -2.08. The van der Waals surface area contributed by atoms with E-state index in [0.717, 1.165) is 22.2 Å². The lowest BCUT2D eigenvalue weighted by molar-refractivity contribution is -0.118. The lowest BCUT2D eigenvalue weighted by Crippen LogP contribution is -2.17. The second kappa shape index (κ2) is 7.35. The highest BCUT2D eigenvalue weighted by atomic mass is 32.1. The molecule has 0 saturated carbocycles. The maximum atomic E-state index is 11.6. The minimum Gasteiger partial charge on any atom is -0.356 e. The predicted molar refractivity (Wildman–Crippen MR) is 91.2 cm³/mol. The minimum atomic E-state index is -0.0195. The van der Waals surface area contributed by atoms with E-state index in [1.165, 1.54) is 11.5 Å². The van der Waals surface area contributed by atoms with Crippen LogP contribution in [0.5, 0.6) is 0 Å². The second-order valence-electron chi connectivity index (χ2n) is 5.81. The zero-order valence-electron chi connectivity index (χ0n) is 13.4. The highest BCUT2D eigenvalue weighted by molar-refractivity contribution is 7.09. The van der Waals surface area contributed by atoms with Crippen LogP contribution < -0.4 is 10.6 Å². The monoisotopic (exact) mass is 318 g/mol. The van der Waals surface area contributed by atoms with E-state index in [0.29, 0.717) is 12.5 Å². The van der Waals surface area contributed by atoms with Gasteiger partial charge in [0.2, 0.25) is 11.0 Å². The van der Waals surface area contributed by atoms with Gasteiger partial charge in [-0.05, 0) is 17.7 Å². The molecule has 5 nitrogen and oxygen atoms in total. The van der Waals surface area contributed by atoms with E-state index in [1.807, 2.05) is 38.1 Å². The number of aromatic nitrogens is 2. The summed E-state index contributed by atoms with van der Waals surface area (Å²) in [6.07, 6.45) is 0. The smallest absolute Gasteiger partial charge is 0.226 e. The molecule has 0 fully saturated rings. The average molecular weight is 318 g/mol. The number of nitrogens with one attached hydrogen (secondary N) is 2. The van der Waals surface area contributed by atoms with Crippen molar-refractivity contribution >= 4 is 28.3 Å². The Hall–Kier alpha value is -1.95. The third kappa shape index (κ3) is 4.53. The average Bonchev–Trinajstić information content (AvgIpc) is 2.95. The van der Waals surface area contributed by atoms with Crippen LogP contribution >= 0.6 is 11.5 Å². The van der Waals surface area contributed by atoms with E-state index in [9.17, 15) is 4.79 Å². The van der Waals surface area contributed by atoms with E-state index in [2.05, 4.69) is 33.8 Å². The van der Waals surface area contributed by atoms with Crippen molar-refractivity contribution in [1.29, 1.82) is 0 Å². The van der Waals surface area contributed by atoms with Crippen LogP contribution in [0.25, 0.3) is 0 Å². The number of anilines is 2. The van der Waals surface area contributed by atoms with Crippen molar-refractivity contribution in [2.24, 2.45) is 5.92 Å². The third-order valence-corrected chi connectivity index (χ3v) is 3.83. The van der Waals surface area contributed by atoms with E-state index >= 15 is 0 Å².